The van der Waals surface area contributed by atoms with Crippen molar-refractivity contribution in [2.45, 2.75) is 52.6 Å². The van der Waals surface area contributed by atoms with Gasteiger partial charge in [-0.2, -0.15) is 13.2 Å². The number of nitrogens with zero attached hydrogens (tertiary/aromatic N) is 2. The van der Waals surface area contributed by atoms with Crippen molar-refractivity contribution < 1.29 is 17.6 Å². The van der Waals surface area contributed by atoms with Crippen LogP contribution in [0.5, 0.6) is 0 Å². The Hall–Kier alpha value is -4.19. The van der Waals surface area contributed by atoms with Crippen LogP contribution in [0.25, 0.3) is 55.2 Å². The molecule has 0 atom stereocenters. The third-order valence-corrected chi connectivity index (χ3v) is 7.79. The minimum atomic E-state index is -4.36. The fraction of sp³-hybridized carbons (Fsp3) is 0.257. The summed E-state index contributed by atoms with van der Waals surface area (Å²) >= 11 is 0. The lowest BCUT2D eigenvalue weighted by molar-refractivity contribution is -0.212. The Balaban J connectivity index is 1.50. The van der Waals surface area contributed by atoms with E-state index in [4.69, 9.17) is 9.40 Å². The SMILES string of the molecule is CC(C)(C)c1cc(-c2cc(-c3ccc4oc(CC(C)(C)C(F)(F)F)nc4c3)c3ccccc3n2)cc2ccccc12. The summed E-state index contributed by atoms with van der Waals surface area (Å²) in [4.78, 5) is 9.50. The van der Waals surface area contributed by atoms with Crippen molar-refractivity contribution >= 4 is 32.8 Å². The number of fused-ring (bicyclic) bond motifs is 3. The number of hydrogen-bond acceptors (Lipinski definition) is 3. The van der Waals surface area contributed by atoms with Gasteiger partial charge in [0.2, 0.25) is 0 Å². The van der Waals surface area contributed by atoms with E-state index in [0.717, 1.165) is 52.5 Å². The van der Waals surface area contributed by atoms with Gasteiger partial charge in [0.15, 0.2) is 11.5 Å². The summed E-state index contributed by atoms with van der Waals surface area (Å²) in [5.41, 5.74) is 4.83. The molecular weight excluding hydrogens is 521 g/mol. The number of rotatable bonds is 4. The molecule has 6 rings (SSSR count). The van der Waals surface area contributed by atoms with E-state index < -0.39 is 11.6 Å². The standard InChI is InChI=1S/C35H31F3N2O/c1-33(2,3)27-17-23(16-21-10-6-7-11-24(21)27)29-19-26(25-12-8-9-13-28(25)39-29)22-14-15-31-30(18-22)40-32(41-31)20-34(4,5)35(36,37)38/h6-19H,20H2,1-5H3. The van der Waals surface area contributed by atoms with Crippen molar-refractivity contribution in [1.29, 1.82) is 0 Å². The summed E-state index contributed by atoms with van der Waals surface area (Å²) in [7, 11) is 0. The molecule has 2 heterocycles. The largest absolute Gasteiger partial charge is 0.441 e. The smallest absolute Gasteiger partial charge is 0.394 e. The lowest BCUT2D eigenvalue weighted by Crippen LogP contribution is -2.34. The topological polar surface area (TPSA) is 38.9 Å². The van der Waals surface area contributed by atoms with Crippen LogP contribution in [0.4, 0.5) is 13.2 Å². The van der Waals surface area contributed by atoms with E-state index in [1.165, 1.54) is 10.9 Å². The minimum Gasteiger partial charge on any atom is -0.441 e. The highest BCUT2D eigenvalue weighted by Crippen LogP contribution is 2.41. The van der Waals surface area contributed by atoms with Gasteiger partial charge >= 0.3 is 6.18 Å². The molecule has 0 unspecified atom stereocenters. The van der Waals surface area contributed by atoms with Crippen LogP contribution in [0.3, 0.4) is 0 Å². The number of halogens is 3. The molecule has 0 aliphatic carbocycles. The summed E-state index contributed by atoms with van der Waals surface area (Å²) < 4.78 is 46.2. The van der Waals surface area contributed by atoms with Gasteiger partial charge < -0.3 is 4.42 Å². The molecule has 0 aliphatic heterocycles. The Morgan fingerprint density at radius 1 is 0.683 bits per heavy atom. The Kier molecular flexibility index (Phi) is 6.22. The number of alkyl halides is 3. The molecule has 0 fully saturated rings. The van der Waals surface area contributed by atoms with E-state index >= 15 is 0 Å². The summed E-state index contributed by atoms with van der Waals surface area (Å²) in [6.45, 7) is 8.98. The van der Waals surface area contributed by atoms with Gasteiger partial charge in [0, 0.05) is 17.4 Å². The van der Waals surface area contributed by atoms with Crippen LogP contribution in [-0.2, 0) is 11.8 Å². The molecule has 0 saturated carbocycles. The van der Waals surface area contributed by atoms with E-state index in [2.05, 4.69) is 68.2 Å². The van der Waals surface area contributed by atoms with Crippen LogP contribution in [0.2, 0.25) is 0 Å². The summed E-state index contributed by atoms with van der Waals surface area (Å²) in [6, 6.07) is 28.5. The molecule has 41 heavy (non-hydrogen) atoms. The molecule has 0 N–H and O–H groups in total. The van der Waals surface area contributed by atoms with E-state index in [1.54, 1.807) is 6.07 Å². The van der Waals surface area contributed by atoms with Gasteiger partial charge in [-0.1, -0.05) is 83.1 Å². The van der Waals surface area contributed by atoms with E-state index in [9.17, 15) is 13.2 Å². The van der Waals surface area contributed by atoms with Crippen molar-refractivity contribution in [2.75, 3.05) is 0 Å². The van der Waals surface area contributed by atoms with Crippen molar-refractivity contribution in [3.8, 4) is 22.4 Å². The second-order valence-electron chi connectivity index (χ2n) is 12.4. The molecule has 0 spiro atoms. The molecule has 208 valence electrons. The second kappa shape index (κ2) is 9.44. The number of hydrogen-bond donors (Lipinski definition) is 0. The van der Waals surface area contributed by atoms with Crippen molar-refractivity contribution in [3.05, 3.63) is 96.4 Å². The predicted octanol–water partition coefficient (Wildman–Crippen LogP) is 10.3. The van der Waals surface area contributed by atoms with Gasteiger partial charge in [-0.25, -0.2) is 9.97 Å². The molecule has 6 aromatic rings. The van der Waals surface area contributed by atoms with Crippen LogP contribution in [0, 0.1) is 5.41 Å². The third kappa shape index (κ3) is 4.96. The van der Waals surface area contributed by atoms with Gasteiger partial charge in [-0.05, 0) is 69.3 Å². The zero-order chi connectivity index (χ0) is 29.2. The fourth-order valence-electron chi connectivity index (χ4n) is 5.34. The minimum absolute atomic E-state index is 0.0638. The van der Waals surface area contributed by atoms with Crippen LogP contribution >= 0.6 is 0 Å². The monoisotopic (exact) mass is 552 g/mol. The summed E-state index contributed by atoms with van der Waals surface area (Å²) in [5, 5.41) is 3.37. The Morgan fingerprint density at radius 2 is 1.39 bits per heavy atom. The van der Waals surface area contributed by atoms with Crippen molar-refractivity contribution in [1.82, 2.24) is 9.97 Å². The molecule has 0 saturated heterocycles. The average Bonchev–Trinajstić information content (AvgIpc) is 3.31. The van der Waals surface area contributed by atoms with Crippen LogP contribution in [-0.4, -0.2) is 16.1 Å². The maximum Gasteiger partial charge on any atom is 0.394 e. The first-order valence-electron chi connectivity index (χ1n) is 13.7. The van der Waals surface area contributed by atoms with Crippen LogP contribution in [0.15, 0.2) is 89.3 Å². The van der Waals surface area contributed by atoms with Gasteiger partial charge in [0.1, 0.15) is 5.52 Å². The highest BCUT2D eigenvalue weighted by molar-refractivity contribution is 5.99. The van der Waals surface area contributed by atoms with E-state index in [0.29, 0.717) is 11.1 Å². The molecule has 2 aromatic heterocycles. The second-order valence-corrected chi connectivity index (χ2v) is 12.4. The van der Waals surface area contributed by atoms with Crippen molar-refractivity contribution in [2.24, 2.45) is 5.41 Å². The first-order valence-corrected chi connectivity index (χ1v) is 13.7. The zero-order valence-corrected chi connectivity index (χ0v) is 23.7. The first kappa shape index (κ1) is 27.0. The first-order chi connectivity index (χ1) is 19.3. The Labute approximate surface area is 237 Å². The molecule has 6 heteroatoms. The van der Waals surface area contributed by atoms with Gasteiger partial charge in [-0.15, -0.1) is 0 Å². The quantitative estimate of drug-likeness (QED) is 0.218. The molecule has 4 aromatic carbocycles. The van der Waals surface area contributed by atoms with Gasteiger partial charge in [-0.3, -0.25) is 0 Å². The van der Waals surface area contributed by atoms with Crippen molar-refractivity contribution in [3.63, 3.8) is 0 Å². The lowest BCUT2D eigenvalue weighted by Gasteiger charge is -2.25. The molecule has 3 nitrogen and oxygen atoms in total. The normalized spacial score (nSPS) is 13.0. The zero-order valence-electron chi connectivity index (χ0n) is 23.7. The molecule has 0 aliphatic rings. The lowest BCUT2D eigenvalue weighted by atomic mass is 9.82. The molecule has 0 amide bonds. The number of para-hydroxylation sites is 1. The Morgan fingerprint density at radius 3 is 2.12 bits per heavy atom. The summed E-state index contributed by atoms with van der Waals surface area (Å²) in [5.74, 6) is 0.0747. The molecule has 0 bridgehead atoms. The van der Waals surface area contributed by atoms with Gasteiger partial charge in [0.05, 0.1) is 16.6 Å². The molecular formula is C35H31F3N2O. The highest BCUT2D eigenvalue weighted by atomic mass is 19.4. The fourth-order valence-corrected chi connectivity index (χ4v) is 5.34. The maximum atomic E-state index is 13.5. The van der Waals surface area contributed by atoms with E-state index in [1.807, 2.05) is 36.4 Å². The van der Waals surface area contributed by atoms with E-state index in [-0.39, 0.29) is 17.7 Å². The average molecular weight is 553 g/mol. The van der Waals surface area contributed by atoms with Crippen LogP contribution in [0.1, 0.15) is 46.1 Å². The maximum absolute atomic E-state index is 13.5. The predicted molar refractivity (Wildman–Crippen MR) is 160 cm³/mol. The summed E-state index contributed by atoms with van der Waals surface area (Å²) in [6.07, 6.45) is -4.69. The number of aromatic nitrogens is 2. The van der Waals surface area contributed by atoms with Crippen LogP contribution < -0.4 is 0 Å². The van der Waals surface area contributed by atoms with Gasteiger partial charge in [0.25, 0.3) is 0 Å². The number of pyridine rings is 1. The molecule has 0 radical (unpaired) electrons. The third-order valence-electron chi connectivity index (χ3n) is 7.79. The highest BCUT2D eigenvalue weighted by Gasteiger charge is 2.48. The number of benzene rings is 4. The number of oxazole rings is 1. The Bertz CT molecular complexity index is 1930.